The normalized spacial score (nSPS) is 10.5. The molecule has 0 amide bonds. The van der Waals surface area contributed by atoms with Crippen molar-refractivity contribution in [2.45, 2.75) is 12.2 Å². The monoisotopic (exact) mass is 233 g/mol. The third-order valence-electron chi connectivity index (χ3n) is 1.75. The molecule has 0 aromatic heterocycles. The minimum Gasteiger partial charge on any atom is -0.330 e. The molecule has 0 heterocycles. The maximum Gasteiger partial charge on any atom is 0.141 e. The van der Waals surface area contributed by atoms with Crippen molar-refractivity contribution >= 4 is 23.4 Å². The first-order chi connectivity index (χ1) is 6.74. The summed E-state index contributed by atoms with van der Waals surface area (Å²) >= 11 is 7.43. The summed E-state index contributed by atoms with van der Waals surface area (Å²) in [5, 5.41) is 0.196. The van der Waals surface area contributed by atoms with Crippen LogP contribution in [-0.4, -0.2) is 12.3 Å². The molecule has 4 heteroatoms. The predicted molar refractivity (Wildman–Crippen MR) is 61.2 cm³/mol. The Kier molecular flexibility index (Phi) is 5.30. The fourth-order valence-corrected chi connectivity index (χ4v) is 2.14. The largest absolute Gasteiger partial charge is 0.330 e. The molecule has 0 aliphatic carbocycles. The van der Waals surface area contributed by atoms with Crippen molar-refractivity contribution in [3.8, 4) is 0 Å². The van der Waals surface area contributed by atoms with Gasteiger partial charge >= 0.3 is 0 Å². The second kappa shape index (κ2) is 6.27. The van der Waals surface area contributed by atoms with Crippen molar-refractivity contribution in [1.82, 2.24) is 0 Å². The molecule has 0 saturated carbocycles. The zero-order valence-electron chi connectivity index (χ0n) is 7.80. The summed E-state index contributed by atoms with van der Waals surface area (Å²) < 4.78 is 12.8. The van der Waals surface area contributed by atoms with Gasteiger partial charge in [0.2, 0.25) is 0 Å². The van der Waals surface area contributed by atoms with E-state index in [0.29, 0.717) is 0 Å². The summed E-state index contributed by atoms with van der Waals surface area (Å²) in [7, 11) is 0. The molecule has 1 aromatic rings. The topological polar surface area (TPSA) is 26.0 Å². The van der Waals surface area contributed by atoms with Crippen molar-refractivity contribution in [1.29, 1.82) is 0 Å². The van der Waals surface area contributed by atoms with Crippen LogP contribution in [0.2, 0.25) is 5.02 Å². The quantitative estimate of drug-likeness (QED) is 0.792. The molecule has 0 spiro atoms. The molecule has 0 aliphatic heterocycles. The maximum absolute atomic E-state index is 12.8. The Bertz CT molecular complexity index is 293. The van der Waals surface area contributed by atoms with Crippen LogP contribution in [0.15, 0.2) is 18.2 Å². The summed E-state index contributed by atoms with van der Waals surface area (Å²) in [6.07, 6.45) is 1.01. The molecule has 1 aromatic carbocycles. The molecule has 1 nitrogen and oxygen atoms in total. The number of nitrogens with two attached hydrogens (primary N) is 1. The molecule has 0 aliphatic rings. The average Bonchev–Trinajstić information content (AvgIpc) is 2.18. The van der Waals surface area contributed by atoms with Crippen molar-refractivity contribution < 1.29 is 4.39 Å². The highest BCUT2D eigenvalue weighted by Gasteiger charge is 2.00. The first-order valence-electron chi connectivity index (χ1n) is 4.46. The zero-order valence-corrected chi connectivity index (χ0v) is 9.37. The van der Waals surface area contributed by atoms with E-state index in [2.05, 4.69) is 0 Å². The second-order valence-corrected chi connectivity index (χ2v) is 4.46. The molecular weight excluding hydrogens is 221 g/mol. The van der Waals surface area contributed by atoms with Crippen molar-refractivity contribution in [2.75, 3.05) is 12.3 Å². The third-order valence-corrected chi connectivity index (χ3v) is 3.15. The van der Waals surface area contributed by atoms with Gasteiger partial charge in [-0.1, -0.05) is 17.7 Å². The van der Waals surface area contributed by atoms with Gasteiger partial charge in [-0.2, -0.15) is 11.8 Å². The standard InChI is InChI=1S/C10H13ClFNS/c11-9-6-8(2-3-10(9)12)7-14-5-1-4-13/h2-3,6H,1,4-5,7,13H2. The van der Waals surface area contributed by atoms with Gasteiger partial charge in [-0.15, -0.1) is 0 Å². The van der Waals surface area contributed by atoms with E-state index in [1.54, 1.807) is 23.9 Å². The Hall–Kier alpha value is -0.250. The molecule has 0 radical (unpaired) electrons. The summed E-state index contributed by atoms with van der Waals surface area (Å²) in [6, 6.07) is 4.84. The first-order valence-corrected chi connectivity index (χ1v) is 5.99. The van der Waals surface area contributed by atoms with Gasteiger partial charge in [-0.25, -0.2) is 4.39 Å². The maximum atomic E-state index is 12.8. The van der Waals surface area contributed by atoms with E-state index in [1.807, 2.05) is 0 Å². The molecule has 2 N–H and O–H groups in total. The first kappa shape index (κ1) is 11.8. The predicted octanol–water partition coefficient (Wildman–Crippen LogP) is 3.06. The Balaban J connectivity index is 2.39. The number of hydrogen-bond donors (Lipinski definition) is 1. The van der Waals surface area contributed by atoms with E-state index in [0.717, 1.165) is 30.0 Å². The zero-order chi connectivity index (χ0) is 10.4. The molecule has 78 valence electrons. The molecule has 0 saturated heterocycles. The van der Waals surface area contributed by atoms with Gasteiger partial charge in [0.15, 0.2) is 0 Å². The fraction of sp³-hybridized carbons (Fsp3) is 0.400. The SMILES string of the molecule is NCCCSCc1ccc(F)c(Cl)c1. The number of halogens is 2. The van der Waals surface area contributed by atoms with Crippen LogP contribution in [0.1, 0.15) is 12.0 Å². The van der Waals surface area contributed by atoms with Crippen LogP contribution in [0.5, 0.6) is 0 Å². The number of rotatable bonds is 5. The molecule has 0 unspecified atom stereocenters. The van der Waals surface area contributed by atoms with Crippen LogP contribution >= 0.6 is 23.4 Å². The lowest BCUT2D eigenvalue weighted by molar-refractivity contribution is 0.628. The van der Waals surface area contributed by atoms with Gasteiger partial charge in [0.05, 0.1) is 5.02 Å². The molecule has 0 atom stereocenters. The lowest BCUT2D eigenvalue weighted by Crippen LogP contribution is -1.99. The minimum absolute atomic E-state index is 0.196. The van der Waals surface area contributed by atoms with Crippen molar-refractivity contribution in [3.63, 3.8) is 0 Å². The van der Waals surface area contributed by atoms with E-state index >= 15 is 0 Å². The van der Waals surface area contributed by atoms with Crippen LogP contribution in [0, 0.1) is 5.82 Å². The minimum atomic E-state index is -0.359. The van der Waals surface area contributed by atoms with Crippen LogP contribution in [-0.2, 0) is 5.75 Å². The molecular formula is C10H13ClFNS. The summed E-state index contributed by atoms with van der Waals surface area (Å²) in [6.45, 7) is 0.719. The molecule has 1 rings (SSSR count). The Morgan fingerprint density at radius 1 is 1.43 bits per heavy atom. The van der Waals surface area contributed by atoms with Crippen LogP contribution < -0.4 is 5.73 Å². The van der Waals surface area contributed by atoms with Crippen LogP contribution in [0.4, 0.5) is 4.39 Å². The Labute approximate surface area is 92.8 Å². The molecule has 14 heavy (non-hydrogen) atoms. The third kappa shape index (κ3) is 3.86. The smallest absolute Gasteiger partial charge is 0.141 e. The summed E-state index contributed by atoms with van der Waals surface area (Å²) in [5.41, 5.74) is 6.42. The van der Waals surface area contributed by atoms with Gasteiger partial charge in [0.1, 0.15) is 5.82 Å². The highest BCUT2D eigenvalue weighted by Crippen LogP contribution is 2.19. The highest BCUT2D eigenvalue weighted by atomic mass is 35.5. The Morgan fingerprint density at radius 2 is 2.21 bits per heavy atom. The van der Waals surface area contributed by atoms with Crippen LogP contribution in [0.3, 0.4) is 0 Å². The van der Waals surface area contributed by atoms with Crippen LogP contribution in [0.25, 0.3) is 0 Å². The molecule has 0 bridgehead atoms. The highest BCUT2D eigenvalue weighted by molar-refractivity contribution is 7.98. The van der Waals surface area contributed by atoms with Gasteiger partial charge < -0.3 is 5.73 Å². The molecule has 0 fully saturated rings. The van der Waals surface area contributed by atoms with E-state index in [-0.39, 0.29) is 10.8 Å². The van der Waals surface area contributed by atoms with Crippen molar-refractivity contribution in [3.05, 3.63) is 34.6 Å². The fourth-order valence-electron chi connectivity index (χ4n) is 1.00. The Morgan fingerprint density at radius 3 is 2.86 bits per heavy atom. The number of thioether (sulfide) groups is 1. The van der Waals surface area contributed by atoms with Gasteiger partial charge in [0.25, 0.3) is 0 Å². The van der Waals surface area contributed by atoms with E-state index in [9.17, 15) is 4.39 Å². The number of benzene rings is 1. The number of hydrogen-bond acceptors (Lipinski definition) is 2. The summed E-state index contributed by atoms with van der Waals surface area (Å²) in [4.78, 5) is 0. The van der Waals surface area contributed by atoms with E-state index in [4.69, 9.17) is 17.3 Å². The summed E-state index contributed by atoms with van der Waals surface area (Å²) in [5.74, 6) is 1.54. The second-order valence-electron chi connectivity index (χ2n) is 2.94. The average molecular weight is 234 g/mol. The lowest BCUT2D eigenvalue weighted by atomic mass is 10.2. The lowest BCUT2D eigenvalue weighted by Gasteiger charge is -2.02. The van der Waals surface area contributed by atoms with E-state index in [1.165, 1.54) is 6.07 Å². The van der Waals surface area contributed by atoms with Gasteiger partial charge in [-0.05, 0) is 36.4 Å². The van der Waals surface area contributed by atoms with Crippen molar-refractivity contribution in [2.24, 2.45) is 5.73 Å². The van der Waals surface area contributed by atoms with Gasteiger partial charge in [-0.3, -0.25) is 0 Å². The van der Waals surface area contributed by atoms with Gasteiger partial charge in [0, 0.05) is 5.75 Å². The van der Waals surface area contributed by atoms with E-state index < -0.39 is 0 Å².